The Kier molecular flexibility index (Phi) is 4.42. The third-order valence-corrected chi connectivity index (χ3v) is 3.04. The minimum absolute atomic E-state index is 0.157. The number of halogens is 1. The van der Waals surface area contributed by atoms with Gasteiger partial charge in [-0.2, -0.15) is 0 Å². The number of amidine groups is 1. The van der Waals surface area contributed by atoms with Crippen molar-refractivity contribution < 1.29 is 4.74 Å². The van der Waals surface area contributed by atoms with Gasteiger partial charge < -0.3 is 10.5 Å². The second-order valence-corrected chi connectivity index (χ2v) is 4.63. The molecular formula is C15H15ClN2O. The summed E-state index contributed by atoms with van der Waals surface area (Å²) in [5, 5.41) is 7.94. The molecule has 3 nitrogen and oxygen atoms in total. The van der Waals surface area contributed by atoms with Gasteiger partial charge in [-0.3, -0.25) is 5.41 Å². The van der Waals surface area contributed by atoms with E-state index < -0.39 is 0 Å². The number of nitrogens with one attached hydrogen (secondary N) is 1. The summed E-state index contributed by atoms with van der Waals surface area (Å²) in [6, 6.07) is 15.2. The van der Waals surface area contributed by atoms with Crippen LogP contribution in [-0.4, -0.2) is 5.84 Å². The topological polar surface area (TPSA) is 59.1 Å². The summed E-state index contributed by atoms with van der Waals surface area (Å²) < 4.78 is 5.66. The number of ether oxygens (including phenoxy) is 1. The van der Waals surface area contributed by atoms with E-state index in [1.807, 2.05) is 48.5 Å². The van der Waals surface area contributed by atoms with Crippen LogP contribution in [0.1, 0.15) is 11.1 Å². The molecule has 0 aliphatic carbocycles. The Morgan fingerprint density at radius 3 is 2.42 bits per heavy atom. The lowest BCUT2D eigenvalue weighted by molar-refractivity contribution is 0.306. The van der Waals surface area contributed by atoms with Gasteiger partial charge in [0.1, 0.15) is 12.4 Å². The molecule has 0 unspecified atom stereocenters. The molecule has 3 N–H and O–H groups in total. The first-order valence-corrected chi connectivity index (χ1v) is 6.31. The molecule has 0 bridgehead atoms. The molecule has 0 spiro atoms. The average Bonchev–Trinajstić information content (AvgIpc) is 2.39. The van der Waals surface area contributed by atoms with Gasteiger partial charge in [0.15, 0.2) is 0 Å². The van der Waals surface area contributed by atoms with Crippen LogP contribution in [0.15, 0.2) is 48.5 Å². The van der Waals surface area contributed by atoms with E-state index in [-0.39, 0.29) is 5.84 Å². The summed E-state index contributed by atoms with van der Waals surface area (Å²) in [6.45, 7) is 0.436. The summed E-state index contributed by atoms with van der Waals surface area (Å²) in [6.07, 6.45) is 0.463. The van der Waals surface area contributed by atoms with Crippen LogP contribution >= 0.6 is 11.6 Å². The largest absolute Gasteiger partial charge is 0.489 e. The van der Waals surface area contributed by atoms with Crippen LogP contribution in [0.2, 0.25) is 5.02 Å². The lowest BCUT2D eigenvalue weighted by Crippen LogP contribution is -2.12. The van der Waals surface area contributed by atoms with E-state index in [1.165, 1.54) is 0 Å². The van der Waals surface area contributed by atoms with Gasteiger partial charge in [0, 0.05) is 17.0 Å². The zero-order chi connectivity index (χ0) is 13.7. The van der Waals surface area contributed by atoms with Crippen molar-refractivity contribution in [2.75, 3.05) is 0 Å². The van der Waals surface area contributed by atoms with Crippen molar-refractivity contribution >= 4 is 17.4 Å². The summed E-state index contributed by atoms with van der Waals surface area (Å²) in [5.41, 5.74) is 7.30. The van der Waals surface area contributed by atoms with Crippen LogP contribution in [0.5, 0.6) is 5.75 Å². The van der Waals surface area contributed by atoms with Crippen molar-refractivity contribution in [3.63, 3.8) is 0 Å². The summed E-state index contributed by atoms with van der Waals surface area (Å²) in [7, 11) is 0. The fourth-order valence-corrected chi connectivity index (χ4v) is 1.89. The Morgan fingerprint density at radius 1 is 1.11 bits per heavy atom. The van der Waals surface area contributed by atoms with E-state index in [9.17, 15) is 0 Å². The number of hydrogen-bond acceptors (Lipinski definition) is 2. The molecule has 19 heavy (non-hydrogen) atoms. The van der Waals surface area contributed by atoms with E-state index in [2.05, 4.69) is 0 Å². The first-order chi connectivity index (χ1) is 9.15. The number of rotatable bonds is 5. The van der Waals surface area contributed by atoms with Crippen LogP contribution in [0, 0.1) is 5.41 Å². The molecular weight excluding hydrogens is 260 g/mol. The zero-order valence-electron chi connectivity index (χ0n) is 10.4. The summed E-state index contributed by atoms with van der Waals surface area (Å²) in [4.78, 5) is 0. The highest BCUT2D eigenvalue weighted by atomic mass is 35.5. The minimum atomic E-state index is 0.157. The van der Waals surface area contributed by atoms with Crippen LogP contribution in [0.25, 0.3) is 0 Å². The molecule has 0 saturated heterocycles. The Balaban J connectivity index is 1.97. The van der Waals surface area contributed by atoms with E-state index >= 15 is 0 Å². The monoisotopic (exact) mass is 274 g/mol. The average molecular weight is 275 g/mol. The predicted octanol–water partition coefficient (Wildman–Crippen LogP) is 3.40. The third-order valence-electron chi connectivity index (χ3n) is 2.67. The molecule has 2 aromatic carbocycles. The maximum Gasteiger partial charge on any atom is 0.119 e. The van der Waals surface area contributed by atoms with Crippen molar-refractivity contribution in [3.05, 3.63) is 64.7 Å². The van der Waals surface area contributed by atoms with Gasteiger partial charge in [-0.25, -0.2) is 0 Å². The number of benzene rings is 2. The van der Waals surface area contributed by atoms with Gasteiger partial charge >= 0.3 is 0 Å². The molecule has 0 aromatic heterocycles. The lowest BCUT2D eigenvalue weighted by Gasteiger charge is -2.08. The maximum atomic E-state index is 7.23. The van der Waals surface area contributed by atoms with Gasteiger partial charge in [0.2, 0.25) is 0 Å². The normalized spacial score (nSPS) is 10.2. The maximum absolute atomic E-state index is 7.23. The molecule has 2 rings (SSSR count). The van der Waals surface area contributed by atoms with Crippen molar-refractivity contribution in [1.82, 2.24) is 0 Å². The highest BCUT2D eigenvalue weighted by Crippen LogP contribution is 2.19. The quantitative estimate of drug-likeness (QED) is 0.648. The first-order valence-electron chi connectivity index (χ1n) is 5.93. The van der Waals surface area contributed by atoms with E-state index in [0.29, 0.717) is 18.1 Å². The first kappa shape index (κ1) is 13.4. The fraction of sp³-hybridized carbons (Fsp3) is 0.133. The standard InChI is InChI=1S/C15H15ClN2O/c16-14-4-2-1-3-12(14)10-19-13-7-5-11(6-8-13)9-15(17)18/h1-8H,9-10H2,(H3,17,18). The third kappa shape index (κ3) is 4.00. The van der Waals surface area contributed by atoms with Crippen LogP contribution < -0.4 is 10.5 Å². The smallest absolute Gasteiger partial charge is 0.119 e. The van der Waals surface area contributed by atoms with E-state index in [1.54, 1.807) is 0 Å². The number of hydrogen-bond donors (Lipinski definition) is 2. The highest BCUT2D eigenvalue weighted by Gasteiger charge is 2.01. The molecule has 0 atom stereocenters. The van der Waals surface area contributed by atoms with Crippen LogP contribution in [0.3, 0.4) is 0 Å². The van der Waals surface area contributed by atoms with Gasteiger partial charge in [0.05, 0.1) is 5.84 Å². The molecule has 0 radical (unpaired) electrons. The lowest BCUT2D eigenvalue weighted by atomic mass is 10.1. The second-order valence-electron chi connectivity index (χ2n) is 4.23. The minimum Gasteiger partial charge on any atom is -0.489 e. The molecule has 0 aliphatic heterocycles. The van der Waals surface area contributed by atoms with Crippen molar-refractivity contribution in [1.29, 1.82) is 5.41 Å². The Hall–Kier alpha value is -2.00. The fourth-order valence-electron chi connectivity index (χ4n) is 1.70. The summed E-state index contributed by atoms with van der Waals surface area (Å²) in [5.74, 6) is 0.928. The molecule has 2 aromatic rings. The molecule has 0 amide bonds. The molecule has 0 aliphatic rings. The summed E-state index contributed by atoms with van der Waals surface area (Å²) >= 11 is 6.06. The Bertz CT molecular complexity index is 567. The molecule has 0 saturated carbocycles. The van der Waals surface area contributed by atoms with Crippen LogP contribution in [0.4, 0.5) is 0 Å². The van der Waals surface area contributed by atoms with Crippen molar-refractivity contribution in [2.24, 2.45) is 5.73 Å². The molecule has 98 valence electrons. The van der Waals surface area contributed by atoms with Crippen molar-refractivity contribution in [2.45, 2.75) is 13.0 Å². The van der Waals surface area contributed by atoms with E-state index in [4.69, 9.17) is 27.5 Å². The second kappa shape index (κ2) is 6.25. The van der Waals surface area contributed by atoms with Gasteiger partial charge in [-0.15, -0.1) is 0 Å². The van der Waals surface area contributed by atoms with E-state index in [0.717, 1.165) is 16.9 Å². The predicted molar refractivity (Wildman–Crippen MR) is 77.8 cm³/mol. The van der Waals surface area contributed by atoms with Gasteiger partial charge in [0.25, 0.3) is 0 Å². The molecule has 0 heterocycles. The SMILES string of the molecule is N=C(N)Cc1ccc(OCc2ccccc2Cl)cc1. The molecule has 0 fully saturated rings. The highest BCUT2D eigenvalue weighted by molar-refractivity contribution is 6.31. The van der Waals surface area contributed by atoms with Crippen LogP contribution in [-0.2, 0) is 13.0 Å². The number of nitrogens with two attached hydrogens (primary N) is 1. The Morgan fingerprint density at radius 2 is 1.79 bits per heavy atom. The zero-order valence-corrected chi connectivity index (χ0v) is 11.2. The van der Waals surface area contributed by atoms with Crippen molar-refractivity contribution in [3.8, 4) is 5.75 Å². The van der Waals surface area contributed by atoms with Gasteiger partial charge in [-0.05, 0) is 23.8 Å². The molecule has 4 heteroatoms. The van der Waals surface area contributed by atoms with Gasteiger partial charge in [-0.1, -0.05) is 41.9 Å². The Labute approximate surface area is 117 Å².